The maximum atomic E-state index is 13.0. The molecule has 1 heterocycles. The van der Waals surface area contributed by atoms with Crippen LogP contribution < -0.4 is 10.1 Å². The van der Waals surface area contributed by atoms with Gasteiger partial charge < -0.3 is 10.1 Å². The monoisotopic (exact) mass is 460 g/mol. The zero-order chi connectivity index (χ0) is 23.5. The molecule has 4 rings (SSSR count). The van der Waals surface area contributed by atoms with Crippen LogP contribution >= 0.6 is 11.8 Å². The van der Waals surface area contributed by atoms with Crippen LogP contribution in [-0.4, -0.2) is 35.1 Å². The molecule has 1 aliphatic heterocycles. The number of rotatable bonds is 6. The highest BCUT2D eigenvalue weighted by atomic mass is 32.2. The lowest BCUT2D eigenvalue weighted by molar-refractivity contribution is -0.127. The number of carbonyl (C=O) groups excluding carboxylic acids is 3. The number of fused-ring (bicyclic) bond motifs is 1. The Bertz CT molecular complexity index is 1300. The van der Waals surface area contributed by atoms with Gasteiger partial charge in [-0.2, -0.15) is 0 Å². The second kappa shape index (κ2) is 9.50. The van der Waals surface area contributed by atoms with Gasteiger partial charge in [-0.1, -0.05) is 36.4 Å². The number of carbonyl (C=O) groups is 3. The van der Waals surface area contributed by atoms with Gasteiger partial charge in [-0.3, -0.25) is 19.3 Å². The third kappa shape index (κ3) is 4.78. The second-order valence-corrected chi connectivity index (χ2v) is 8.74. The molecule has 0 atom stereocenters. The zero-order valence-electron chi connectivity index (χ0n) is 18.7. The van der Waals surface area contributed by atoms with Gasteiger partial charge in [0.1, 0.15) is 12.3 Å². The minimum absolute atomic E-state index is 0.260. The van der Waals surface area contributed by atoms with E-state index in [-0.39, 0.29) is 11.4 Å². The molecule has 33 heavy (non-hydrogen) atoms. The Morgan fingerprint density at radius 2 is 1.85 bits per heavy atom. The maximum absolute atomic E-state index is 13.0. The van der Waals surface area contributed by atoms with Crippen LogP contribution in [0.3, 0.4) is 0 Å². The minimum Gasteiger partial charge on any atom is -0.493 e. The summed E-state index contributed by atoms with van der Waals surface area (Å²) in [4.78, 5) is 39.3. The first-order valence-corrected chi connectivity index (χ1v) is 11.5. The number of ether oxygens (including phenoxy) is 1. The molecule has 1 N–H and O–H groups in total. The van der Waals surface area contributed by atoms with Crippen molar-refractivity contribution in [3.05, 3.63) is 76.2 Å². The second-order valence-electron chi connectivity index (χ2n) is 7.75. The summed E-state index contributed by atoms with van der Waals surface area (Å²) in [6, 6.07) is 17.2. The maximum Gasteiger partial charge on any atom is 0.294 e. The Morgan fingerprint density at radius 3 is 2.61 bits per heavy atom. The fourth-order valence-electron chi connectivity index (χ4n) is 3.64. The first kappa shape index (κ1) is 22.6. The molecule has 0 unspecified atom stereocenters. The number of imide groups is 1. The molecular weight excluding hydrogens is 436 g/mol. The molecule has 0 saturated carbocycles. The molecule has 0 bridgehead atoms. The van der Waals surface area contributed by atoms with Crippen LogP contribution in [0.1, 0.15) is 23.6 Å². The van der Waals surface area contributed by atoms with Crippen molar-refractivity contribution in [1.82, 2.24) is 4.90 Å². The fraction of sp³-hybridized carbons (Fsp3) is 0.192. The van der Waals surface area contributed by atoms with E-state index < -0.39 is 17.1 Å². The van der Waals surface area contributed by atoms with Crippen LogP contribution in [-0.2, 0) is 9.59 Å². The number of hydrogen-bond donors (Lipinski definition) is 1. The van der Waals surface area contributed by atoms with Gasteiger partial charge in [-0.25, -0.2) is 0 Å². The van der Waals surface area contributed by atoms with Crippen molar-refractivity contribution in [3.8, 4) is 5.75 Å². The van der Waals surface area contributed by atoms with Crippen molar-refractivity contribution >= 4 is 51.4 Å². The van der Waals surface area contributed by atoms with E-state index in [4.69, 9.17) is 4.74 Å². The van der Waals surface area contributed by atoms with Crippen molar-refractivity contribution in [2.45, 2.75) is 20.8 Å². The van der Waals surface area contributed by atoms with E-state index in [0.29, 0.717) is 18.0 Å². The standard InChI is InChI=1S/C26H24N2O4S/c1-4-32-22-12-10-18-7-5-6-8-20(18)21(22)14-23-25(30)28(26(31)33-23)15-24(29)27-19-11-9-16(2)17(3)13-19/h5-14H,4,15H2,1-3H3,(H,27,29)/b23-14+. The summed E-state index contributed by atoms with van der Waals surface area (Å²) < 4.78 is 5.77. The predicted octanol–water partition coefficient (Wildman–Crippen LogP) is 5.53. The molecule has 1 fully saturated rings. The molecule has 0 radical (unpaired) electrons. The van der Waals surface area contributed by atoms with Crippen LogP contribution in [0.5, 0.6) is 5.75 Å². The van der Waals surface area contributed by atoms with Gasteiger partial charge in [0.2, 0.25) is 5.91 Å². The number of hydrogen-bond acceptors (Lipinski definition) is 5. The summed E-state index contributed by atoms with van der Waals surface area (Å²) in [6.45, 7) is 5.96. The molecule has 1 saturated heterocycles. The summed E-state index contributed by atoms with van der Waals surface area (Å²) in [6.07, 6.45) is 1.68. The van der Waals surface area contributed by atoms with Crippen molar-refractivity contribution in [2.24, 2.45) is 0 Å². The number of nitrogens with zero attached hydrogens (tertiary/aromatic N) is 1. The average Bonchev–Trinajstić information content (AvgIpc) is 3.05. The molecule has 7 heteroatoms. The lowest BCUT2D eigenvalue weighted by Gasteiger charge is -2.13. The number of thioether (sulfide) groups is 1. The summed E-state index contributed by atoms with van der Waals surface area (Å²) in [5.74, 6) is -0.284. The summed E-state index contributed by atoms with van der Waals surface area (Å²) in [5, 5.41) is 4.20. The van der Waals surface area contributed by atoms with E-state index in [1.165, 1.54) is 0 Å². The molecule has 168 valence electrons. The van der Waals surface area contributed by atoms with Gasteiger partial charge in [-0.15, -0.1) is 0 Å². The van der Waals surface area contributed by atoms with Crippen LogP contribution in [0.2, 0.25) is 0 Å². The number of anilines is 1. The van der Waals surface area contributed by atoms with E-state index in [1.807, 2.05) is 69.3 Å². The third-order valence-electron chi connectivity index (χ3n) is 5.47. The largest absolute Gasteiger partial charge is 0.493 e. The number of benzene rings is 3. The van der Waals surface area contributed by atoms with E-state index >= 15 is 0 Å². The normalized spacial score (nSPS) is 14.9. The Kier molecular flexibility index (Phi) is 6.51. The first-order valence-electron chi connectivity index (χ1n) is 10.6. The molecule has 0 aromatic heterocycles. The van der Waals surface area contributed by atoms with Gasteiger partial charge in [0.25, 0.3) is 11.1 Å². The Hall–Kier alpha value is -3.58. The van der Waals surface area contributed by atoms with Crippen LogP contribution in [0.25, 0.3) is 16.8 Å². The first-order chi connectivity index (χ1) is 15.9. The molecule has 3 amide bonds. The predicted molar refractivity (Wildman–Crippen MR) is 132 cm³/mol. The lowest BCUT2D eigenvalue weighted by atomic mass is 10.0. The highest BCUT2D eigenvalue weighted by molar-refractivity contribution is 8.18. The van der Waals surface area contributed by atoms with Crippen molar-refractivity contribution in [1.29, 1.82) is 0 Å². The third-order valence-corrected chi connectivity index (χ3v) is 6.38. The Labute approximate surface area is 196 Å². The van der Waals surface area contributed by atoms with E-state index in [2.05, 4.69) is 5.32 Å². The van der Waals surface area contributed by atoms with Gasteiger partial charge in [-0.05, 0) is 78.7 Å². The van der Waals surface area contributed by atoms with Crippen LogP contribution in [0.4, 0.5) is 10.5 Å². The topological polar surface area (TPSA) is 75.7 Å². The minimum atomic E-state index is -0.490. The molecule has 3 aromatic carbocycles. The highest BCUT2D eigenvalue weighted by Gasteiger charge is 2.36. The SMILES string of the molecule is CCOc1ccc2ccccc2c1/C=C1/SC(=O)N(CC(=O)Nc2ccc(C)c(C)c2)C1=O. The van der Waals surface area contributed by atoms with Crippen LogP contribution in [0, 0.1) is 13.8 Å². The lowest BCUT2D eigenvalue weighted by Crippen LogP contribution is -2.36. The van der Waals surface area contributed by atoms with Crippen molar-refractivity contribution < 1.29 is 19.1 Å². The molecule has 1 aliphatic rings. The number of aryl methyl sites for hydroxylation is 2. The average molecular weight is 461 g/mol. The summed E-state index contributed by atoms with van der Waals surface area (Å²) in [5.41, 5.74) is 3.52. The molecule has 3 aromatic rings. The molecule has 0 aliphatic carbocycles. The van der Waals surface area contributed by atoms with E-state index in [1.54, 1.807) is 12.1 Å². The quantitative estimate of drug-likeness (QED) is 0.490. The number of nitrogens with one attached hydrogen (secondary N) is 1. The molecule has 6 nitrogen and oxygen atoms in total. The van der Waals surface area contributed by atoms with Crippen molar-refractivity contribution in [2.75, 3.05) is 18.5 Å². The Balaban J connectivity index is 1.58. The fourth-order valence-corrected chi connectivity index (χ4v) is 4.46. The van der Waals surface area contributed by atoms with Gasteiger partial charge >= 0.3 is 0 Å². The smallest absolute Gasteiger partial charge is 0.294 e. The van der Waals surface area contributed by atoms with Gasteiger partial charge in [0.15, 0.2) is 0 Å². The number of amides is 3. The summed E-state index contributed by atoms with van der Waals surface area (Å²) >= 11 is 0.828. The van der Waals surface area contributed by atoms with Gasteiger partial charge in [0.05, 0.1) is 11.5 Å². The van der Waals surface area contributed by atoms with Crippen molar-refractivity contribution in [3.63, 3.8) is 0 Å². The summed E-state index contributed by atoms with van der Waals surface area (Å²) in [7, 11) is 0. The molecular formula is C26H24N2O4S. The van der Waals surface area contributed by atoms with Crippen LogP contribution in [0.15, 0.2) is 59.5 Å². The van der Waals surface area contributed by atoms with E-state index in [9.17, 15) is 14.4 Å². The zero-order valence-corrected chi connectivity index (χ0v) is 19.5. The molecule has 0 spiro atoms. The van der Waals surface area contributed by atoms with E-state index in [0.717, 1.165) is 44.1 Å². The Morgan fingerprint density at radius 1 is 1.06 bits per heavy atom. The van der Waals surface area contributed by atoms with Gasteiger partial charge in [0, 0.05) is 11.3 Å². The highest BCUT2D eigenvalue weighted by Crippen LogP contribution is 2.36.